The highest BCUT2D eigenvalue weighted by Crippen LogP contribution is 2.22. The van der Waals surface area contributed by atoms with Gasteiger partial charge in [-0.05, 0) is 31.5 Å². The highest BCUT2D eigenvalue weighted by Gasteiger charge is 2.27. The summed E-state index contributed by atoms with van der Waals surface area (Å²) in [5.74, 6) is -2.07. The van der Waals surface area contributed by atoms with Crippen LogP contribution in [0.25, 0.3) is 0 Å². The highest BCUT2D eigenvalue weighted by molar-refractivity contribution is 7.92. The highest BCUT2D eigenvalue weighted by atomic mass is 32.2. The predicted molar refractivity (Wildman–Crippen MR) is 118 cm³/mol. The van der Waals surface area contributed by atoms with E-state index < -0.39 is 39.5 Å². The standard InChI is InChI=1S/C22H27F2N3O4S/c1-16(22(29)25-2)26(15-17-9-4-5-10-18(17)23)21(28)13-8-14-27(32(3,30)31)20-12-7-6-11-19(20)24/h4-7,9-12,16H,8,13-15H2,1-3H3,(H,25,29)/t16-/m1/s1. The molecule has 2 aromatic carbocycles. The van der Waals surface area contributed by atoms with Crippen LogP contribution >= 0.6 is 0 Å². The van der Waals surface area contributed by atoms with Gasteiger partial charge in [0.2, 0.25) is 21.8 Å². The van der Waals surface area contributed by atoms with E-state index in [1.807, 2.05) is 0 Å². The van der Waals surface area contributed by atoms with Crippen LogP contribution in [0.2, 0.25) is 0 Å². The quantitative estimate of drug-likeness (QED) is 0.582. The molecule has 0 radical (unpaired) electrons. The van der Waals surface area contributed by atoms with E-state index in [1.165, 1.54) is 55.3 Å². The lowest BCUT2D eigenvalue weighted by Gasteiger charge is -2.29. The average Bonchev–Trinajstić information content (AvgIpc) is 2.75. The van der Waals surface area contributed by atoms with Crippen molar-refractivity contribution in [3.05, 3.63) is 65.7 Å². The largest absolute Gasteiger partial charge is 0.357 e. The fourth-order valence-electron chi connectivity index (χ4n) is 3.24. The van der Waals surface area contributed by atoms with Crippen LogP contribution in [0.4, 0.5) is 14.5 Å². The number of nitrogens with zero attached hydrogens (tertiary/aromatic N) is 2. The van der Waals surface area contributed by atoms with Gasteiger partial charge in [-0.3, -0.25) is 13.9 Å². The fraction of sp³-hybridized carbons (Fsp3) is 0.364. The molecule has 2 aromatic rings. The summed E-state index contributed by atoms with van der Waals surface area (Å²) >= 11 is 0. The number of benzene rings is 2. The topological polar surface area (TPSA) is 86.8 Å². The number of carbonyl (C=O) groups is 2. The van der Waals surface area contributed by atoms with Gasteiger partial charge in [0.05, 0.1) is 11.9 Å². The molecule has 0 fully saturated rings. The Morgan fingerprint density at radius 3 is 2.19 bits per heavy atom. The smallest absolute Gasteiger partial charge is 0.242 e. The van der Waals surface area contributed by atoms with E-state index in [-0.39, 0.29) is 37.2 Å². The number of rotatable bonds is 10. The molecule has 2 amide bonds. The summed E-state index contributed by atoms with van der Waals surface area (Å²) in [6.07, 6.45) is 0.921. The van der Waals surface area contributed by atoms with E-state index in [1.54, 1.807) is 6.07 Å². The zero-order chi connectivity index (χ0) is 23.9. The van der Waals surface area contributed by atoms with Crippen molar-refractivity contribution in [2.24, 2.45) is 0 Å². The van der Waals surface area contributed by atoms with Crippen LogP contribution in [0.1, 0.15) is 25.3 Å². The van der Waals surface area contributed by atoms with E-state index in [9.17, 15) is 26.8 Å². The first kappa shape index (κ1) is 25.3. The minimum atomic E-state index is -3.79. The number of carbonyl (C=O) groups excluding carboxylic acids is 2. The van der Waals surface area contributed by atoms with Gasteiger partial charge in [-0.1, -0.05) is 30.3 Å². The molecule has 7 nitrogen and oxygen atoms in total. The Bertz CT molecular complexity index is 1060. The van der Waals surface area contributed by atoms with Gasteiger partial charge in [-0.15, -0.1) is 0 Å². The zero-order valence-electron chi connectivity index (χ0n) is 18.2. The van der Waals surface area contributed by atoms with Gasteiger partial charge in [-0.2, -0.15) is 0 Å². The number of amides is 2. The molecule has 0 aliphatic heterocycles. The van der Waals surface area contributed by atoms with Gasteiger partial charge in [0.15, 0.2) is 0 Å². The molecule has 0 spiro atoms. The number of halogens is 2. The second-order valence-corrected chi connectivity index (χ2v) is 9.20. The molecule has 0 aromatic heterocycles. The Labute approximate surface area is 187 Å². The Morgan fingerprint density at radius 1 is 1.03 bits per heavy atom. The average molecular weight is 468 g/mol. The molecule has 2 rings (SSSR count). The Morgan fingerprint density at radius 2 is 1.62 bits per heavy atom. The van der Waals surface area contributed by atoms with E-state index in [4.69, 9.17) is 0 Å². The molecule has 0 heterocycles. The van der Waals surface area contributed by atoms with Crippen LogP contribution in [0.15, 0.2) is 48.5 Å². The zero-order valence-corrected chi connectivity index (χ0v) is 19.0. The molecule has 32 heavy (non-hydrogen) atoms. The molecule has 10 heteroatoms. The van der Waals surface area contributed by atoms with Gasteiger partial charge in [0.25, 0.3) is 0 Å². The van der Waals surface area contributed by atoms with Crippen molar-refractivity contribution in [2.75, 3.05) is 24.2 Å². The maximum Gasteiger partial charge on any atom is 0.242 e. The molecule has 0 bridgehead atoms. The molecule has 0 aliphatic rings. The van der Waals surface area contributed by atoms with E-state index in [2.05, 4.69) is 5.32 Å². The molecular weight excluding hydrogens is 440 g/mol. The lowest BCUT2D eigenvalue weighted by atomic mass is 10.1. The summed E-state index contributed by atoms with van der Waals surface area (Å²) in [5, 5.41) is 2.47. The van der Waals surface area contributed by atoms with Gasteiger partial charge >= 0.3 is 0 Å². The predicted octanol–water partition coefficient (Wildman–Crippen LogP) is 2.67. The number of para-hydroxylation sites is 1. The fourth-order valence-corrected chi connectivity index (χ4v) is 4.20. The monoisotopic (exact) mass is 467 g/mol. The van der Waals surface area contributed by atoms with E-state index in [0.29, 0.717) is 0 Å². The second kappa shape index (κ2) is 11.0. The van der Waals surface area contributed by atoms with Gasteiger partial charge in [-0.25, -0.2) is 17.2 Å². The first-order chi connectivity index (χ1) is 15.1. The Kier molecular flexibility index (Phi) is 8.71. The van der Waals surface area contributed by atoms with Crippen LogP contribution < -0.4 is 9.62 Å². The summed E-state index contributed by atoms with van der Waals surface area (Å²) in [7, 11) is -2.36. The molecular formula is C22H27F2N3O4S. The van der Waals surface area contributed by atoms with Gasteiger partial charge in [0, 0.05) is 32.1 Å². The van der Waals surface area contributed by atoms with E-state index >= 15 is 0 Å². The maximum absolute atomic E-state index is 14.1. The summed E-state index contributed by atoms with van der Waals surface area (Å²) in [5.41, 5.74) is 0.144. The first-order valence-electron chi connectivity index (χ1n) is 10.0. The second-order valence-electron chi connectivity index (χ2n) is 7.29. The summed E-state index contributed by atoms with van der Waals surface area (Å²) in [6, 6.07) is 10.5. The van der Waals surface area contributed by atoms with Crippen LogP contribution in [-0.2, 0) is 26.2 Å². The molecule has 0 saturated heterocycles. The third kappa shape index (κ3) is 6.49. The number of likely N-dealkylation sites (N-methyl/N-ethyl adjacent to an activating group) is 1. The van der Waals surface area contributed by atoms with E-state index in [0.717, 1.165) is 16.6 Å². The molecule has 1 atom stereocenters. The normalized spacial score (nSPS) is 12.2. The molecule has 0 aliphatic carbocycles. The van der Waals surface area contributed by atoms with Crippen molar-refractivity contribution >= 4 is 27.5 Å². The van der Waals surface area contributed by atoms with Gasteiger partial charge in [0.1, 0.15) is 17.7 Å². The van der Waals surface area contributed by atoms with Crippen LogP contribution in [0.5, 0.6) is 0 Å². The number of nitrogens with one attached hydrogen (secondary N) is 1. The minimum Gasteiger partial charge on any atom is -0.357 e. The lowest BCUT2D eigenvalue weighted by Crippen LogP contribution is -2.47. The molecule has 174 valence electrons. The molecule has 0 unspecified atom stereocenters. The third-order valence-corrected chi connectivity index (χ3v) is 6.17. The van der Waals surface area contributed by atoms with Crippen LogP contribution in [0.3, 0.4) is 0 Å². The number of sulfonamides is 1. The van der Waals surface area contributed by atoms with Crippen molar-refractivity contribution in [3.8, 4) is 0 Å². The molecule has 1 N–H and O–H groups in total. The summed E-state index contributed by atoms with van der Waals surface area (Å²) in [4.78, 5) is 26.3. The summed E-state index contributed by atoms with van der Waals surface area (Å²) < 4.78 is 53.5. The Balaban J connectivity index is 2.17. The lowest BCUT2D eigenvalue weighted by molar-refractivity contribution is -0.140. The molecule has 0 saturated carbocycles. The summed E-state index contributed by atoms with van der Waals surface area (Å²) in [6.45, 7) is 1.27. The van der Waals surface area contributed by atoms with Gasteiger partial charge < -0.3 is 10.2 Å². The number of anilines is 1. The SMILES string of the molecule is CNC(=O)[C@@H](C)N(Cc1ccccc1F)C(=O)CCCN(c1ccccc1F)S(C)(=O)=O. The maximum atomic E-state index is 14.1. The van der Waals surface area contributed by atoms with Crippen molar-refractivity contribution in [1.29, 1.82) is 0 Å². The van der Waals surface area contributed by atoms with Crippen molar-refractivity contribution in [1.82, 2.24) is 10.2 Å². The minimum absolute atomic E-state index is 0.0779. The van der Waals surface area contributed by atoms with Crippen LogP contribution in [0, 0.1) is 11.6 Å². The third-order valence-electron chi connectivity index (χ3n) is 4.99. The van der Waals surface area contributed by atoms with Crippen molar-refractivity contribution in [2.45, 2.75) is 32.4 Å². The van der Waals surface area contributed by atoms with Crippen LogP contribution in [-0.4, -0.2) is 51.0 Å². The number of hydrogen-bond donors (Lipinski definition) is 1. The first-order valence-corrected chi connectivity index (χ1v) is 11.9. The number of hydrogen-bond acceptors (Lipinski definition) is 4. The van der Waals surface area contributed by atoms with Crippen molar-refractivity contribution in [3.63, 3.8) is 0 Å². The Hall–Kier alpha value is -3.01. The van der Waals surface area contributed by atoms with Crippen molar-refractivity contribution < 1.29 is 26.8 Å².